The third kappa shape index (κ3) is 5.61. The molecule has 1 aromatic rings. The van der Waals surface area contributed by atoms with Gasteiger partial charge in [-0.2, -0.15) is 0 Å². The van der Waals surface area contributed by atoms with Crippen LogP contribution in [0.25, 0.3) is 0 Å². The summed E-state index contributed by atoms with van der Waals surface area (Å²) >= 11 is 6.13. The van der Waals surface area contributed by atoms with Crippen LogP contribution >= 0.6 is 11.6 Å². The smallest absolute Gasteiger partial charge is 0.137 e. The van der Waals surface area contributed by atoms with Gasteiger partial charge in [-0.15, -0.1) is 0 Å². The Balaban J connectivity index is 2.43. The van der Waals surface area contributed by atoms with Crippen molar-refractivity contribution < 1.29 is 9.47 Å². The van der Waals surface area contributed by atoms with E-state index in [9.17, 15) is 0 Å². The molecule has 0 aliphatic rings. The van der Waals surface area contributed by atoms with Gasteiger partial charge in [-0.25, -0.2) is 9.97 Å². The first kappa shape index (κ1) is 17.1. The molecular weight excluding hydrogens is 278 g/mol. The molecule has 0 saturated heterocycles. The van der Waals surface area contributed by atoms with E-state index in [0.717, 1.165) is 30.2 Å². The molecule has 0 aromatic carbocycles. The predicted octanol–water partition coefficient (Wildman–Crippen LogP) is 3.03. The van der Waals surface area contributed by atoms with Crippen molar-refractivity contribution in [3.63, 3.8) is 0 Å². The molecule has 0 fully saturated rings. The standard InChI is InChI=1S/C14H24ClN3O2/c1-10(2)13-17-12(15)11(3)14(18-13)16-6-5-7-20-9-8-19-4/h10H,5-9H2,1-4H3,(H,16,17,18). The van der Waals surface area contributed by atoms with Crippen LogP contribution in [0.5, 0.6) is 0 Å². The Kier molecular flexibility index (Phi) is 7.80. The molecule has 1 N–H and O–H groups in total. The predicted molar refractivity (Wildman–Crippen MR) is 81.7 cm³/mol. The first-order valence-electron chi connectivity index (χ1n) is 6.90. The van der Waals surface area contributed by atoms with Gasteiger partial charge in [-0.3, -0.25) is 0 Å². The van der Waals surface area contributed by atoms with Crippen LogP contribution in [0.3, 0.4) is 0 Å². The Morgan fingerprint density at radius 2 is 1.95 bits per heavy atom. The summed E-state index contributed by atoms with van der Waals surface area (Å²) in [6.07, 6.45) is 0.905. The van der Waals surface area contributed by atoms with E-state index in [1.165, 1.54) is 0 Å². The maximum absolute atomic E-state index is 6.13. The highest BCUT2D eigenvalue weighted by Gasteiger charge is 2.11. The fourth-order valence-corrected chi connectivity index (χ4v) is 1.74. The Morgan fingerprint density at radius 1 is 1.20 bits per heavy atom. The summed E-state index contributed by atoms with van der Waals surface area (Å²) in [5, 5.41) is 3.81. The number of hydrogen-bond donors (Lipinski definition) is 1. The summed E-state index contributed by atoms with van der Waals surface area (Å²) in [5.41, 5.74) is 0.886. The molecule has 0 radical (unpaired) electrons. The van der Waals surface area contributed by atoms with Crippen molar-refractivity contribution in [3.05, 3.63) is 16.5 Å². The number of aromatic nitrogens is 2. The van der Waals surface area contributed by atoms with Crippen molar-refractivity contribution in [3.8, 4) is 0 Å². The summed E-state index contributed by atoms with van der Waals surface area (Å²) in [5.74, 6) is 1.83. The van der Waals surface area contributed by atoms with Gasteiger partial charge in [0.05, 0.1) is 13.2 Å². The lowest BCUT2D eigenvalue weighted by Crippen LogP contribution is -2.12. The monoisotopic (exact) mass is 301 g/mol. The van der Waals surface area contributed by atoms with Crippen LogP contribution in [0.4, 0.5) is 5.82 Å². The highest BCUT2D eigenvalue weighted by Crippen LogP contribution is 2.22. The molecule has 0 aliphatic carbocycles. The lowest BCUT2D eigenvalue weighted by molar-refractivity contribution is 0.0705. The van der Waals surface area contributed by atoms with E-state index in [-0.39, 0.29) is 5.92 Å². The van der Waals surface area contributed by atoms with Gasteiger partial charge in [-0.05, 0) is 13.3 Å². The van der Waals surface area contributed by atoms with Gasteiger partial charge in [0, 0.05) is 31.7 Å². The number of rotatable bonds is 9. The molecule has 20 heavy (non-hydrogen) atoms. The highest BCUT2D eigenvalue weighted by molar-refractivity contribution is 6.30. The number of ether oxygens (including phenoxy) is 2. The summed E-state index contributed by atoms with van der Waals surface area (Å²) in [6, 6.07) is 0. The SMILES string of the molecule is COCCOCCCNc1nc(C(C)C)nc(Cl)c1C. The van der Waals surface area contributed by atoms with Gasteiger partial charge in [0.15, 0.2) is 0 Å². The summed E-state index contributed by atoms with van der Waals surface area (Å²) < 4.78 is 10.3. The fourth-order valence-electron chi connectivity index (χ4n) is 1.56. The maximum Gasteiger partial charge on any atom is 0.137 e. The van der Waals surface area contributed by atoms with E-state index in [1.807, 2.05) is 6.92 Å². The van der Waals surface area contributed by atoms with E-state index in [0.29, 0.717) is 25.0 Å². The van der Waals surface area contributed by atoms with Crippen LogP contribution in [-0.2, 0) is 9.47 Å². The number of anilines is 1. The molecule has 0 aliphatic heterocycles. The zero-order valence-electron chi connectivity index (χ0n) is 12.7. The molecule has 0 amide bonds. The van der Waals surface area contributed by atoms with Crippen LogP contribution in [0, 0.1) is 6.92 Å². The van der Waals surface area contributed by atoms with Gasteiger partial charge in [-0.1, -0.05) is 25.4 Å². The average molecular weight is 302 g/mol. The Bertz CT molecular complexity index is 414. The van der Waals surface area contributed by atoms with E-state index in [2.05, 4.69) is 29.1 Å². The van der Waals surface area contributed by atoms with Crippen molar-refractivity contribution in [2.45, 2.75) is 33.1 Å². The largest absolute Gasteiger partial charge is 0.382 e. The van der Waals surface area contributed by atoms with E-state index in [1.54, 1.807) is 7.11 Å². The molecule has 1 rings (SSSR count). The Labute approximate surface area is 126 Å². The molecule has 0 atom stereocenters. The molecule has 0 unspecified atom stereocenters. The molecule has 1 heterocycles. The first-order chi connectivity index (χ1) is 9.56. The van der Waals surface area contributed by atoms with Crippen LogP contribution < -0.4 is 5.32 Å². The second kappa shape index (κ2) is 9.10. The lowest BCUT2D eigenvalue weighted by Gasteiger charge is -2.13. The van der Waals surface area contributed by atoms with Crippen LogP contribution in [0.1, 0.15) is 37.6 Å². The summed E-state index contributed by atoms with van der Waals surface area (Å²) in [6.45, 7) is 8.77. The zero-order valence-corrected chi connectivity index (χ0v) is 13.5. The number of methoxy groups -OCH3 is 1. The van der Waals surface area contributed by atoms with Gasteiger partial charge < -0.3 is 14.8 Å². The lowest BCUT2D eigenvalue weighted by atomic mass is 10.2. The van der Waals surface area contributed by atoms with Crippen LogP contribution in [0.2, 0.25) is 5.15 Å². The molecular formula is C14H24ClN3O2. The minimum Gasteiger partial charge on any atom is -0.382 e. The highest BCUT2D eigenvalue weighted by atomic mass is 35.5. The second-order valence-electron chi connectivity index (χ2n) is 4.89. The Hall–Kier alpha value is -0.910. The number of halogens is 1. The number of hydrogen-bond acceptors (Lipinski definition) is 5. The minimum absolute atomic E-state index is 0.256. The number of nitrogens with zero attached hydrogens (tertiary/aromatic N) is 2. The van der Waals surface area contributed by atoms with Crippen molar-refractivity contribution >= 4 is 17.4 Å². The summed E-state index contributed by atoms with van der Waals surface area (Å²) in [4.78, 5) is 8.80. The van der Waals surface area contributed by atoms with Crippen LogP contribution in [-0.4, -0.2) is 43.4 Å². The second-order valence-corrected chi connectivity index (χ2v) is 5.24. The number of nitrogens with one attached hydrogen (secondary N) is 1. The zero-order chi connectivity index (χ0) is 15.0. The maximum atomic E-state index is 6.13. The molecule has 114 valence electrons. The van der Waals surface area contributed by atoms with Gasteiger partial charge >= 0.3 is 0 Å². The molecule has 5 nitrogen and oxygen atoms in total. The minimum atomic E-state index is 0.256. The van der Waals surface area contributed by atoms with Crippen molar-refractivity contribution in [2.75, 3.05) is 38.8 Å². The first-order valence-corrected chi connectivity index (χ1v) is 7.28. The normalized spacial score (nSPS) is 11.1. The Morgan fingerprint density at radius 3 is 2.60 bits per heavy atom. The van der Waals surface area contributed by atoms with Gasteiger partial charge in [0.25, 0.3) is 0 Å². The van der Waals surface area contributed by atoms with Crippen LogP contribution in [0.15, 0.2) is 0 Å². The molecule has 6 heteroatoms. The molecule has 1 aromatic heterocycles. The van der Waals surface area contributed by atoms with E-state index >= 15 is 0 Å². The van der Waals surface area contributed by atoms with Crippen molar-refractivity contribution in [1.82, 2.24) is 9.97 Å². The van der Waals surface area contributed by atoms with Crippen molar-refractivity contribution in [1.29, 1.82) is 0 Å². The quantitative estimate of drug-likeness (QED) is 0.561. The third-order valence-corrected chi connectivity index (χ3v) is 3.18. The average Bonchev–Trinajstić information content (AvgIpc) is 2.41. The fraction of sp³-hybridized carbons (Fsp3) is 0.714. The molecule has 0 spiro atoms. The van der Waals surface area contributed by atoms with Gasteiger partial charge in [0.2, 0.25) is 0 Å². The van der Waals surface area contributed by atoms with Crippen molar-refractivity contribution in [2.24, 2.45) is 0 Å². The van der Waals surface area contributed by atoms with Gasteiger partial charge in [0.1, 0.15) is 16.8 Å². The molecule has 0 saturated carbocycles. The summed E-state index contributed by atoms with van der Waals surface area (Å²) in [7, 11) is 1.67. The van der Waals surface area contributed by atoms with E-state index < -0.39 is 0 Å². The van der Waals surface area contributed by atoms with E-state index in [4.69, 9.17) is 21.1 Å². The third-order valence-electron chi connectivity index (χ3n) is 2.81. The topological polar surface area (TPSA) is 56.3 Å². The molecule has 0 bridgehead atoms.